The third-order valence-corrected chi connectivity index (χ3v) is 1.86. The second-order valence-corrected chi connectivity index (χ2v) is 2.67. The van der Waals surface area contributed by atoms with Gasteiger partial charge in [-0.15, -0.1) is 0 Å². The Labute approximate surface area is 67.7 Å². The highest BCUT2D eigenvalue weighted by atomic mass is 14.9. The molecule has 0 unspecified atom stereocenters. The summed E-state index contributed by atoms with van der Waals surface area (Å²) >= 11 is 0. The zero-order valence-electron chi connectivity index (χ0n) is 7.46. The van der Waals surface area contributed by atoms with E-state index in [-0.39, 0.29) is 0 Å². The van der Waals surface area contributed by atoms with E-state index in [4.69, 9.17) is 0 Å². The van der Waals surface area contributed by atoms with Gasteiger partial charge in [0.25, 0.3) is 0 Å². The summed E-state index contributed by atoms with van der Waals surface area (Å²) in [4.78, 5) is 0. The smallest absolute Gasteiger partial charge is 0.0433 e. The van der Waals surface area contributed by atoms with E-state index in [1.807, 2.05) is 0 Å². The van der Waals surface area contributed by atoms with Gasteiger partial charge in [-0.3, -0.25) is 0 Å². The molecule has 0 radical (unpaired) electrons. The number of hydrogen-bond acceptors (Lipinski definition) is 0. The number of aromatic nitrogens is 1. The molecule has 0 saturated heterocycles. The van der Waals surface area contributed by atoms with E-state index in [0.29, 0.717) is 0 Å². The first-order valence-corrected chi connectivity index (χ1v) is 4.07. The third-order valence-electron chi connectivity index (χ3n) is 1.86. The summed E-state index contributed by atoms with van der Waals surface area (Å²) in [5.41, 5.74) is 0. The van der Waals surface area contributed by atoms with Crippen LogP contribution >= 0.6 is 0 Å². The van der Waals surface area contributed by atoms with Gasteiger partial charge in [0.2, 0.25) is 0 Å². The van der Waals surface area contributed by atoms with Crippen molar-refractivity contribution in [1.82, 2.24) is 4.57 Å². The molecule has 1 aromatic heterocycles. The zero-order chi connectivity index (χ0) is 8.27. The van der Waals surface area contributed by atoms with Crippen molar-refractivity contribution in [2.45, 2.75) is 20.3 Å². The van der Waals surface area contributed by atoms with Crippen LogP contribution in [0.3, 0.4) is 0 Å². The molecule has 1 rings (SSSR count). The molecule has 1 heterocycles. The van der Waals surface area contributed by atoms with Gasteiger partial charge in [-0.05, 0) is 24.6 Å². The monoisotopic (exact) mass is 149 g/mol. The second-order valence-electron chi connectivity index (χ2n) is 2.67. The molecule has 0 saturated carbocycles. The molecule has 0 spiro atoms. The van der Waals surface area contributed by atoms with Gasteiger partial charge in [-0.1, -0.05) is 19.1 Å². The van der Waals surface area contributed by atoms with Crippen molar-refractivity contribution in [3.05, 3.63) is 22.8 Å². The average Bonchev–Trinajstić information content (AvgIpc) is 2.34. The van der Waals surface area contributed by atoms with Gasteiger partial charge < -0.3 is 4.57 Å². The fourth-order valence-corrected chi connectivity index (χ4v) is 1.26. The quantitative estimate of drug-likeness (QED) is 0.562. The first-order chi connectivity index (χ1) is 5.29. The fourth-order valence-electron chi connectivity index (χ4n) is 1.26. The molecule has 11 heavy (non-hydrogen) atoms. The van der Waals surface area contributed by atoms with Crippen molar-refractivity contribution in [3.63, 3.8) is 0 Å². The molecule has 0 aliphatic heterocycles. The summed E-state index contributed by atoms with van der Waals surface area (Å²) in [5, 5.41) is 2.66. The van der Waals surface area contributed by atoms with Crippen molar-refractivity contribution in [3.8, 4) is 0 Å². The van der Waals surface area contributed by atoms with Crippen molar-refractivity contribution in [2.75, 3.05) is 0 Å². The van der Waals surface area contributed by atoms with Crippen LogP contribution in [0, 0.1) is 0 Å². The molecule has 0 atom stereocenters. The lowest BCUT2D eigenvalue weighted by molar-refractivity contribution is 0.884. The van der Waals surface area contributed by atoms with Crippen LogP contribution in [0.15, 0.2) is 12.3 Å². The van der Waals surface area contributed by atoms with Gasteiger partial charge in [-0.25, -0.2) is 0 Å². The van der Waals surface area contributed by atoms with Crippen LogP contribution in [0.1, 0.15) is 20.3 Å². The molecule has 0 bridgehead atoms. The topological polar surface area (TPSA) is 4.93 Å². The summed E-state index contributed by atoms with van der Waals surface area (Å²) in [5.74, 6) is 0. The molecule has 1 heteroatoms. The molecule has 0 aliphatic carbocycles. The van der Waals surface area contributed by atoms with Crippen LogP contribution in [0.4, 0.5) is 0 Å². The summed E-state index contributed by atoms with van der Waals surface area (Å²) in [6.07, 6.45) is 7.58. The van der Waals surface area contributed by atoms with Gasteiger partial charge in [0.1, 0.15) is 0 Å². The highest BCUT2D eigenvalue weighted by Crippen LogP contribution is 1.76. The lowest BCUT2D eigenvalue weighted by Gasteiger charge is -1.89. The number of nitrogens with zero attached hydrogens (tertiary/aromatic N) is 1. The van der Waals surface area contributed by atoms with Crippen molar-refractivity contribution in [2.24, 2.45) is 7.05 Å². The molecule has 60 valence electrons. The number of rotatable bonds is 1. The minimum Gasteiger partial charge on any atom is -0.351 e. The van der Waals surface area contributed by atoms with E-state index in [9.17, 15) is 0 Å². The second kappa shape index (κ2) is 3.42. The zero-order valence-corrected chi connectivity index (χ0v) is 7.46. The SMILES string of the molecule is CC=c1ccn(C)c1=CCC. The van der Waals surface area contributed by atoms with Gasteiger partial charge in [0.15, 0.2) is 0 Å². The number of aryl methyl sites for hydroxylation is 1. The molecule has 0 aliphatic rings. The first-order valence-electron chi connectivity index (χ1n) is 4.07. The Morgan fingerprint density at radius 1 is 1.55 bits per heavy atom. The summed E-state index contributed by atoms with van der Waals surface area (Å²) in [6.45, 7) is 4.23. The lowest BCUT2D eigenvalue weighted by atomic mass is 10.3. The molecule has 0 aromatic carbocycles. The summed E-state index contributed by atoms with van der Waals surface area (Å²) in [7, 11) is 2.08. The predicted molar refractivity (Wildman–Crippen MR) is 49.6 cm³/mol. The van der Waals surface area contributed by atoms with Crippen LogP contribution < -0.4 is 10.6 Å². The van der Waals surface area contributed by atoms with Crippen LogP contribution in [-0.2, 0) is 7.05 Å². The van der Waals surface area contributed by atoms with Crippen LogP contribution in [-0.4, -0.2) is 4.57 Å². The van der Waals surface area contributed by atoms with Crippen molar-refractivity contribution >= 4 is 12.2 Å². The maximum absolute atomic E-state index is 2.25. The van der Waals surface area contributed by atoms with E-state index >= 15 is 0 Å². The Hall–Kier alpha value is -0.980. The normalized spacial score (nSPS) is 14.5. The van der Waals surface area contributed by atoms with Crippen LogP contribution in [0.2, 0.25) is 0 Å². The Bertz CT molecular complexity index is 330. The Morgan fingerprint density at radius 2 is 2.27 bits per heavy atom. The maximum atomic E-state index is 2.25. The van der Waals surface area contributed by atoms with Crippen molar-refractivity contribution in [1.29, 1.82) is 0 Å². The average molecular weight is 149 g/mol. The molecular formula is C10H15N. The van der Waals surface area contributed by atoms with E-state index in [1.165, 1.54) is 10.6 Å². The van der Waals surface area contributed by atoms with Crippen molar-refractivity contribution < 1.29 is 0 Å². The molecular weight excluding hydrogens is 134 g/mol. The number of hydrogen-bond donors (Lipinski definition) is 0. The van der Waals surface area contributed by atoms with E-state index < -0.39 is 0 Å². The Morgan fingerprint density at radius 3 is 2.82 bits per heavy atom. The standard InChI is InChI=1S/C10H15N/c1-4-6-10-9(5-2)7-8-11(10)3/h5-8H,4H2,1-3H3. The summed E-state index contributed by atoms with van der Waals surface area (Å²) in [6, 6.07) is 2.14. The molecule has 1 nitrogen and oxygen atoms in total. The van der Waals surface area contributed by atoms with Gasteiger partial charge in [-0.2, -0.15) is 0 Å². The predicted octanol–water partition coefficient (Wildman–Crippen LogP) is 1.02. The Kier molecular flexibility index (Phi) is 2.53. The van der Waals surface area contributed by atoms with Gasteiger partial charge >= 0.3 is 0 Å². The molecule has 0 N–H and O–H groups in total. The lowest BCUT2D eigenvalue weighted by Crippen LogP contribution is -2.26. The van der Waals surface area contributed by atoms with E-state index in [2.05, 4.69) is 49.9 Å². The molecule has 1 aromatic rings. The molecule has 0 amide bonds. The first kappa shape index (κ1) is 8.12. The van der Waals surface area contributed by atoms with Crippen LogP contribution in [0.5, 0.6) is 0 Å². The van der Waals surface area contributed by atoms with E-state index in [1.54, 1.807) is 0 Å². The highest BCUT2D eigenvalue weighted by molar-refractivity contribution is 5.27. The molecule has 0 fully saturated rings. The Balaban J connectivity index is 3.42. The third kappa shape index (κ3) is 1.53. The highest BCUT2D eigenvalue weighted by Gasteiger charge is 1.86. The van der Waals surface area contributed by atoms with Gasteiger partial charge in [0, 0.05) is 18.6 Å². The van der Waals surface area contributed by atoms with E-state index in [0.717, 1.165) is 6.42 Å². The minimum absolute atomic E-state index is 1.10. The van der Waals surface area contributed by atoms with Gasteiger partial charge in [0.05, 0.1) is 0 Å². The largest absolute Gasteiger partial charge is 0.351 e. The summed E-state index contributed by atoms with van der Waals surface area (Å²) < 4.78 is 2.15. The maximum Gasteiger partial charge on any atom is 0.0433 e. The minimum atomic E-state index is 1.10. The fraction of sp³-hybridized carbons (Fsp3) is 0.400. The van der Waals surface area contributed by atoms with Crippen LogP contribution in [0.25, 0.3) is 12.2 Å².